The van der Waals surface area contributed by atoms with Crippen LogP contribution in [-0.4, -0.2) is 30.3 Å². The molecule has 0 bridgehead atoms. The van der Waals surface area contributed by atoms with E-state index < -0.39 is 11.5 Å². The maximum Gasteiger partial charge on any atom is 0.411 e. The molecule has 0 radical (unpaired) electrons. The molecule has 6 heteroatoms. The minimum Gasteiger partial charge on any atom is -0.449 e. The average molecular weight is 325 g/mol. The molecule has 0 spiro atoms. The number of alkyl halides is 3. The van der Waals surface area contributed by atoms with E-state index in [0.29, 0.717) is 5.69 Å². The molecule has 0 aliphatic carbocycles. The van der Waals surface area contributed by atoms with Gasteiger partial charge in [0.1, 0.15) is 6.61 Å². The highest BCUT2D eigenvalue weighted by atomic mass is 35.5. The Bertz CT molecular complexity index is 414. The number of carbonyl (C=O) groups excluding carboxylic acids is 1. The third kappa shape index (κ3) is 4.75. The van der Waals surface area contributed by atoms with Crippen LogP contribution in [0.2, 0.25) is 0 Å². The molecule has 0 aliphatic rings. The third-order valence-corrected chi connectivity index (χ3v) is 4.44. The predicted molar refractivity (Wildman–Crippen MR) is 80.7 cm³/mol. The summed E-state index contributed by atoms with van der Waals surface area (Å²) >= 11 is 17.4. The largest absolute Gasteiger partial charge is 0.449 e. The summed E-state index contributed by atoms with van der Waals surface area (Å²) in [5, 5.41) is 2.66. The van der Waals surface area contributed by atoms with Crippen molar-refractivity contribution in [3.63, 3.8) is 0 Å². The number of hydrogen-bond donors (Lipinski definition) is 1. The van der Waals surface area contributed by atoms with Crippen molar-refractivity contribution in [3.8, 4) is 0 Å². The van der Waals surface area contributed by atoms with Crippen LogP contribution in [0.25, 0.3) is 0 Å². The number of ether oxygens (including phenoxy) is 1. The lowest BCUT2D eigenvalue weighted by atomic mass is 9.97. The molecule has 19 heavy (non-hydrogen) atoms. The number of benzene rings is 1. The van der Waals surface area contributed by atoms with Gasteiger partial charge in [-0.2, -0.15) is 0 Å². The summed E-state index contributed by atoms with van der Waals surface area (Å²) in [6.45, 7) is 1.98. The molecular formula is C13H16Cl3NO2. The van der Waals surface area contributed by atoms with E-state index in [1.165, 1.54) is 0 Å². The number of anilines is 1. The van der Waals surface area contributed by atoms with Crippen LogP contribution in [0.5, 0.6) is 0 Å². The van der Waals surface area contributed by atoms with E-state index in [-0.39, 0.29) is 24.2 Å². The molecule has 0 aliphatic heterocycles. The molecule has 1 amide bonds. The van der Waals surface area contributed by atoms with Gasteiger partial charge in [0, 0.05) is 28.7 Å². The zero-order valence-corrected chi connectivity index (χ0v) is 12.9. The minimum absolute atomic E-state index is 0.0845. The Balaban J connectivity index is 2.55. The second kappa shape index (κ2) is 7.83. The summed E-state index contributed by atoms with van der Waals surface area (Å²) in [5.41, 5.74) is 1.08. The predicted octanol–water partition coefficient (Wildman–Crippen LogP) is 4.25. The van der Waals surface area contributed by atoms with E-state index in [1.807, 2.05) is 25.1 Å². The Morgan fingerprint density at radius 3 is 2.32 bits per heavy atom. The Labute approximate surface area is 128 Å². The number of amides is 1. The van der Waals surface area contributed by atoms with Gasteiger partial charge >= 0.3 is 6.09 Å². The second-order valence-electron chi connectivity index (χ2n) is 4.42. The number of nitrogens with one attached hydrogen (secondary N) is 1. The molecule has 0 fully saturated rings. The van der Waals surface area contributed by atoms with E-state index in [4.69, 9.17) is 39.5 Å². The Morgan fingerprint density at radius 2 is 1.79 bits per heavy atom. The fourth-order valence-electron chi connectivity index (χ4n) is 1.30. The van der Waals surface area contributed by atoms with Crippen LogP contribution in [0.1, 0.15) is 5.56 Å². The summed E-state index contributed by atoms with van der Waals surface area (Å²) in [6, 6.07) is 7.43. The lowest BCUT2D eigenvalue weighted by Gasteiger charge is -2.26. The van der Waals surface area contributed by atoms with Crippen LogP contribution in [-0.2, 0) is 4.74 Å². The van der Waals surface area contributed by atoms with Crippen molar-refractivity contribution < 1.29 is 9.53 Å². The monoisotopic (exact) mass is 323 g/mol. The highest BCUT2D eigenvalue weighted by molar-refractivity contribution is 6.24. The van der Waals surface area contributed by atoms with Crippen molar-refractivity contribution >= 4 is 46.6 Å². The topological polar surface area (TPSA) is 38.3 Å². The first-order chi connectivity index (χ1) is 9.06. The number of halogens is 3. The Kier molecular flexibility index (Phi) is 6.76. The summed E-state index contributed by atoms with van der Waals surface area (Å²) in [4.78, 5) is 11.7. The molecule has 0 saturated heterocycles. The molecule has 3 nitrogen and oxygen atoms in total. The first kappa shape index (κ1) is 16.4. The van der Waals surface area contributed by atoms with Gasteiger partial charge in [-0.05, 0) is 18.6 Å². The number of hydrogen-bond acceptors (Lipinski definition) is 2. The smallest absolute Gasteiger partial charge is 0.411 e. The fraction of sp³-hybridized carbons (Fsp3) is 0.462. The Morgan fingerprint density at radius 1 is 1.21 bits per heavy atom. The van der Waals surface area contributed by atoms with Gasteiger partial charge in [0.15, 0.2) is 0 Å². The standard InChI is InChI=1S/C13H16Cl3NO2/c1-10-4-2-3-5-11(10)17-12(18)19-9-13(6-14,7-15)8-16/h2-5H,6-9H2,1H3,(H,17,18). The molecule has 0 aromatic heterocycles. The van der Waals surface area contributed by atoms with Crippen molar-refractivity contribution in [2.75, 3.05) is 29.6 Å². The second-order valence-corrected chi connectivity index (χ2v) is 5.22. The van der Waals surface area contributed by atoms with Crippen molar-refractivity contribution in [1.29, 1.82) is 0 Å². The van der Waals surface area contributed by atoms with Crippen LogP contribution in [0.3, 0.4) is 0 Å². The summed E-state index contributed by atoms with van der Waals surface area (Å²) in [5.74, 6) is 0.701. The highest BCUT2D eigenvalue weighted by Crippen LogP contribution is 2.24. The van der Waals surface area contributed by atoms with Crippen molar-refractivity contribution in [1.82, 2.24) is 0 Å². The van der Waals surface area contributed by atoms with Gasteiger partial charge in [-0.25, -0.2) is 4.79 Å². The fourth-order valence-corrected chi connectivity index (χ4v) is 2.39. The van der Waals surface area contributed by atoms with Gasteiger partial charge in [0.25, 0.3) is 0 Å². The van der Waals surface area contributed by atoms with Crippen molar-refractivity contribution in [2.24, 2.45) is 5.41 Å². The van der Waals surface area contributed by atoms with Crippen molar-refractivity contribution in [3.05, 3.63) is 29.8 Å². The molecule has 0 unspecified atom stereocenters. The minimum atomic E-state index is -0.590. The maximum atomic E-state index is 11.7. The van der Waals surface area contributed by atoms with Gasteiger partial charge in [-0.3, -0.25) is 5.32 Å². The highest BCUT2D eigenvalue weighted by Gasteiger charge is 2.29. The molecule has 0 saturated carbocycles. The summed E-state index contributed by atoms with van der Waals surface area (Å²) in [6.07, 6.45) is -0.543. The van der Waals surface area contributed by atoms with Crippen LogP contribution in [0, 0.1) is 12.3 Å². The van der Waals surface area contributed by atoms with Crippen LogP contribution in [0.4, 0.5) is 10.5 Å². The number of rotatable bonds is 6. The Hall–Kier alpha value is -0.640. The van der Waals surface area contributed by atoms with Crippen LogP contribution >= 0.6 is 34.8 Å². The number of para-hydroxylation sites is 1. The quantitative estimate of drug-likeness (QED) is 0.795. The first-order valence-corrected chi connectivity index (χ1v) is 7.34. The lowest BCUT2D eigenvalue weighted by molar-refractivity contribution is 0.122. The van der Waals surface area contributed by atoms with E-state index >= 15 is 0 Å². The normalized spacial score (nSPS) is 11.2. The van der Waals surface area contributed by atoms with E-state index in [1.54, 1.807) is 6.07 Å². The van der Waals surface area contributed by atoms with Crippen LogP contribution in [0.15, 0.2) is 24.3 Å². The zero-order chi connectivity index (χ0) is 14.3. The number of aryl methyl sites for hydroxylation is 1. The molecule has 1 rings (SSSR count). The average Bonchev–Trinajstić information content (AvgIpc) is 2.44. The first-order valence-electron chi connectivity index (χ1n) is 5.74. The summed E-state index contributed by atoms with van der Waals surface area (Å²) < 4.78 is 5.14. The van der Waals surface area contributed by atoms with Gasteiger partial charge in [0.2, 0.25) is 0 Å². The molecular weight excluding hydrogens is 309 g/mol. The molecule has 1 aromatic rings. The maximum absolute atomic E-state index is 11.7. The van der Waals surface area contributed by atoms with Gasteiger partial charge in [-0.1, -0.05) is 18.2 Å². The third-order valence-electron chi connectivity index (χ3n) is 2.74. The lowest BCUT2D eigenvalue weighted by Crippen LogP contribution is -2.35. The van der Waals surface area contributed by atoms with E-state index in [0.717, 1.165) is 5.56 Å². The zero-order valence-electron chi connectivity index (χ0n) is 10.6. The number of carbonyl (C=O) groups is 1. The molecule has 0 heterocycles. The van der Waals surface area contributed by atoms with Gasteiger partial charge in [0.05, 0.1) is 0 Å². The molecule has 1 aromatic carbocycles. The van der Waals surface area contributed by atoms with Crippen molar-refractivity contribution in [2.45, 2.75) is 6.92 Å². The summed E-state index contributed by atoms with van der Waals surface area (Å²) in [7, 11) is 0. The molecule has 1 N–H and O–H groups in total. The SMILES string of the molecule is Cc1ccccc1NC(=O)OCC(CCl)(CCl)CCl. The van der Waals surface area contributed by atoms with Crippen LogP contribution < -0.4 is 5.32 Å². The molecule has 0 atom stereocenters. The van der Waals surface area contributed by atoms with E-state index in [9.17, 15) is 4.79 Å². The van der Waals surface area contributed by atoms with Gasteiger partial charge < -0.3 is 4.74 Å². The van der Waals surface area contributed by atoms with E-state index in [2.05, 4.69) is 5.32 Å². The molecule has 106 valence electrons. The van der Waals surface area contributed by atoms with Gasteiger partial charge in [-0.15, -0.1) is 34.8 Å².